The van der Waals surface area contributed by atoms with Gasteiger partial charge in [-0.2, -0.15) is 0 Å². The Labute approximate surface area is 86.0 Å². The molecule has 70 valence electrons. The molecule has 0 saturated carbocycles. The van der Waals surface area contributed by atoms with Crippen molar-refractivity contribution in [2.24, 2.45) is 0 Å². The van der Waals surface area contributed by atoms with Crippen LogP contribution in [0.15, 0.2) is 10.7 Å². The van der Waals surface area contributed by atoms with Crippen LogP contribution >= 0.6 is 27.5 Å². The first-order chi connectivity index (χ1) is 6.07. The molecular weight excluding hydrogens is 267 g/mol. The number of aldehydes is 1. The lowest BCUT2D eigenvalue weighted by Gasteiger charge is -2.05. The second kappa shape index (κ2) is 4.11. The first kappa shape index (κ1) is 10.5. The summed E-state index contributed by atoms with van der Waals surface area (Å²) in [6.07, 6.45) is -1.42. The van der Waals surface area contributed by atoms with E-state index in [1.165, 1.54) is 0 Å². The summed E-state index contributed by atoms with van der Waals surface area (Å²) in [7, 11) is 0. The zero-order valence-electron chi connectivity index (χ0n) is 6.10. The summed E-state index contributed by atoms with van der Waals surface area (Å²) in [5.74, 6) is 0. The first-order valence-corrected chi connectivity index (χ1v) is 4.32. The number of hydrogen-bond donors (Lipinski definition) is 0. The number of hydrogen-bond acceptors (Lipinski definition) is 2. The van der Waals surface area contributed by atoms with Crippen LogP contribution in [0.4, 0.5) is 8.78 Å². The number of pyridine rings is 1. The molecule has 0 atom stereocenters. The zero-order chi connectivity index (χ0) is 10.0. The lowest BCUT2D eigenvalue weighted by Crippen LogP contribution is -1.98. The summed E-state index contributed by atoms with van der Waals surface area (Å²) in [6, 6.07) is 0. The standard InChI is InChI=1S/C7H3BrClF2NO/c8-5-3(2-13)6(7(10)11)12-1-4(5)9/h1-2,7H. The quantitative estimate of drug-likeness (QED) is 0.772. The van der Waals surface area contributed by atoms with Crippen LogP contribution in [-0.4, -0.2) is 11.3 Å². The predicted octanol–water partition coefficient (Wildman–Crippen LogP) is 3.25. The second-order valence-electron chi connectivity index (χ2n) is 2.14. The summed E-state index contributed by atoms with van der Waals surface area (Å²) in [6.45, 7) is 0. The third-order valence-corrected chi connectivity index (χ3v) is 2.73. The molecule has 2 nitrogen and oxygen atoms in total. The maximum atomic E-state index is 12.2. The summed E-state index contributed by atoms with van der Waals surface area (Å²) >= 11 is 8.48. The van der Waals surface area contributed by atoms with Crippen LogP contribution in [0.25, 0.3) is 0 Å². The van der Waals surface area contributed by atoms with Crippen LogP contribution in [0.1, 0.15) is 22.5 Å². The fraction of sp³-hybridized carbons (Fsp3) is 0.143. The molecule has 1 rings (SSSR count). The van der Waals surface area contributed by atoms with Crippen molar-refractivity contribution in [3.05, 3.63) is 26.9 Å². The highest BCUT2D eigenvalue weighted by atomic mass is 79.9. The number of alkyl halides is 2. The largest absolute Gasteiger partial charge is 0.298 e. The number of nitrogens with zero attached hydrogens (tertiary/aromatic N) is 1. The number of carbonyl (C=O) groups excluding carboxylic acids is 1. The topological polar surface area (TPSA) is 30.0 Å². The van der Waals surface area contributed by atoms with Crippen molar-refractivity contribution in [1.29, 1.82) is 0 Å². The molecule has 1 heterocycles. The van der Waals surface area contributed by atoms with Gasteiger partial charge in [0.2, 0.25) is 0 Å². The molecule has 0 saturated heterocycles. The lowest BCUT2D eigenvalue weighted by molar-refractivity contribution is 0.110. The fourth-order valence-electron chi connectivity index (χ4n) is 0.780. The molecule has 0 aromatic carbocycles. The Kier molecular flexibility index (Phi) is 3.33. The maximum absolute atomic E-state index is 12.2. The van der Waals surface area contributed by atoms with Gasteiger partial charge in [0.25, 0.3) is 6.43 Å². The van der Waals surface area contributed by atoms with Crippen LogP contribution < -0.4 is 0 Å². The van der Waals surface area contributed by atoms with E-state index >= 15 is 0 Å². The van der Waals surface area contributed by atoms with Crippen LogP contribution in [0.2, 0.25) is 5.02 Å². The van der Waals surface area contributed by atoms with Crippen molar-refractivity contribution in [3.8, 4) is 0 Å². The number of rotatable bonds is 2. The first-order valence-electron chi connectivity index (χ1n) is 3.15. The molecule has 13 heavy (non-hydrogen) atoms. The van der Waals surface area contributed by atoms with Gasteiger partial charge >= 0.3 is 0 Å². The molecule has 6 heteroatoms. The second-order valence-corrected chi connectivity index (χ2v) is 3.34. The Morgan fingerprint density at radius 3 is 2.69 bits per heavy atom. The molecule has 1 aromatic heterocycles. The van der Waals surface area contributed by atoms with Crippen molar-refractivity contribution in [1.82, 2.24) is 4.98 Å². The Morgan fingerprint density at radius 2 is 2.23 bits per heavy atom. The number of aromatic nitrogens is 1. The van der Waals surface area contributed by atoms with Crippen LogP contribution in [0, 0.1) is 0 Å². The number of halogens is 4. The van der Waals surface area contributed by atoms with E-state index in [4.69, 9.17) is 11.6 Å². The molecule has 0 N–H and O–H groups in total. The Morgan fingerprint density at radius 1 is 1.62 bits per heavy atom. The lowest BCUT2D eigenvalue weighted by atomic mass is 10.2. The molecule has 0 radical (unpaired) electrons. The van der Waals surface area contributed by atoms with Gasteiger partial charge in [-0.25, -0.2) is 8.78 Å². The predicted molar refractivity (Wildman–Crippen MR) is 47.3 cm³/mol. The highest BCUT2D eigenvalue weighted by Gasteiger charge is 2.18. The van der Waals surface area contributed by atoms with Gasteiger partial charge in [-0.3, -0.25) is 9.78 Å². The maximum Gasteiger partial charge on any atom is 0.281 e. The average molecular weight is 270 g/mol. The zero-order valence-corrected chi connectivity index (χ0v) is 8.44. The average Bonchev–Trinajstić information content (AvgIpc) is 2.09. The molecule has 0 amide bonds. The van der Waals surface area contributed by atoms with Crippen molar-refractivity contribution in [2.45, 2.75) is 6.43 Å². The summed E-state index contributed by atoms with van der Waals surface area (Å²) < 4.78 is 24.6. The van der Waals surface area contributed by atoms with Crippen LogP contribution in [0.3, 0.4) is 0 Å². The third-order valence-electron chi connectivity index (χ3n) is 1.36. The van der Waals surface area contributed by atoms with E-state index in [2.05, 4.69) is 20.9 Å². The summed E-state index contributed by atoms with van der Waals surface area (Å²) in [5, 5.41) is 0.131. The van der Waals surface area contributed by atoms with E-state index in [-0.39, 0.29) is 15.1 Å². The van der Waals surface area contributed by atoms with Crippen molar-refractivity contribution in [2.75, 3.05) is 0 Å². The Hall–Kier alpha value is -0.550. The van der Waals surface area contributed by atoms with Gasteiger partial charge in [-0.05, 0) is 15.9 Å². The highest BCUT2D eigenvalue weighted by Crippen LogP contribution is 2.30. The molecule has 0 unspecified atom stereocenters. The van der Waals surface area contributed by atoms with Crippen LogP contribution in [-0.2, 0) is 0 Å². The van der Waals surface area contributed by atoms with Gasteiger partial charge < -0.3 is 0 Å². The highest BCUT2D eigenvalue weighted by molar-refractivity contribution is 9.10. The monoisotopic (exact) mass is 269 g/mol. The molecule has 0 aliphatic rings. The number of carbonyl (C=O) groups is 1. The smallest absolute Gasteiger partial charge is 0.281 e. The Balaban J connectivity index is 3.38. The van der Waals surface area contributed by atoms with Gasteiger partial charge in [-0.15, -0.1) is 0 Å². The summed E-state index contributed by atoms with van der Waals surface area (Å²) in [5.41, 5.74) is -0.770. The fourth-order valence-corrected chi connectivity index (χ4v) is 1.33. The van der Waals surface area contributed by atoms with Gasteiger partial charge in [0.15, 0.2) is 6.29 Å². The van der Waals surface area contributed by atoms with E-state index < -0.39 is 12.1 Å². The van der Waals surface area contributed by atoms with Gasteiger partial charge in [0.05, 0.1) is 15.1 Å². The minimum Gasteiger partial charge on any atom is -0.298 e. The molecular formula is C7H3BrClF2NO. The van der Waals surface area contributed by atoms with Gasteiger partial charge in [0, 0.05) is 6.20 Å². The van der Waals surface area contributed by atoms with Crippen LogP contribution in [0.5, 0.6) is 0 Å². The normalized spacial score (nSPS) is 10.5. The third kappa shape index (κ3) is 2.03. The van der Waals surface area contributed by atoms with E-state index in [0.717, 1.165) is 6.20 Å². The van der Waals surface area contributed by atoms with E-state index in [9.17, 15) is 13.6 Å². The minimum absolute atomic E-state index is 0.131. The van der Waals surface area contributed by atoms with Gasteiger partial charge in [-0.1, -0.05) is 11.6 Å². The van der Waals surface area contributed by atoms with E-state index in [0.29, 0.717) is 6.29 Å². The van der Waals surface area contributed by atoms with Crippen molar-refractivity contribution in [3.63, 3.8) is 0 Å². The van der Waals surface area contributed by atoms with E-state index in [1.54, 1.807) is 0 Å². The molecule has 0 bridgehead atoms. The van der Waals surface area contributed by atoms with E-state index in [1.807, 2.05) is 0 Å². The molecule has 1 aromatic rings. The van der Waals surface area contributed by atoms with Crippen molar-refractivity contribution >= 4 is 33.8 Å². The summed E-state index contributed by atoms with van der Waals surface area (Å²) in [4.78, 5) is 13.8. The molecule has 0 spiro atoms. The SMILES string of the molecule is O=Cc1c(C(F)F)ncc(Cl)c1Br. The molecule has 0 aliphatic heterocycles. The molecule has 0 aliphatic carbocycles. The Bertz CT molecular complexity index is 346. The van der Waals surface area contributed by atoms with Crippen molar-refractivity contribution < 1.29 is 13.6 Å². The van der Waals surface area contributed by atoms with Gasteiger partial charge in [0.1, 0.15) is 5.69 Å². The molecule has 0 fully saturated rings. The minimum atomic E-state index is -2.78.